The van der Waals surface area contributed by atoms with Crippen molar-refractivity contribution in [2.45, 2.75) is 89.3 Å². The lowest BCUT2D eigenvalue weighted by atomic mass is 9.43. The van der Waals surface area contributed by atoms with Crippen LogP contribution in [0.15, 0.2) is 76.5 Å². The Kier molecular flexibility index (Phi) is 8.25. The quantitative estimate of drug-likeness (QED) is 0.183. The Morgan fingerprint density at radius 3 is 2.65 bits per heavy atom. The van der Waals surface area contributed by atoms with Crippen LogP contribution in [0.5, 0.6) is 0 Å². The van der Waals surface area contributed by atoms with Crippen LogP contribution in [-0.4, -0.2) is 51.3 Å². The smallest absolute Gasteiger partial charge is 0.340 e. The van der Waals surface area contributed by atoms with Crippen LogP contribution in [0.3, 0.4) is 0 Å². The van der Waals surface area contributed by atoms with E-state index in [0.29, 0.717) is 23.7 Å². The summed E-state index contributed by atoms with van der Waals surface area (Å²) in [7, 11) is 3.57. The lowest BCUT2D eigenvalue weighted by Crippen LogP contribution is -2.53. The summed E-state index contributed by atoms with van der Waals surface area (Å²) in [5.74, 6) is 1.28. The second-order valence-electron chi connectivity index (χ2n) is 16.8. The number of hydrogen-bond acceptors (Lipinski definition) is 10. The van der Waals surface area contributed by atoms with Gasteiger partial charge in [-0.2, -0.15) is 0 Å². The lowest BCUT2D eigenvalue weighted by molar-refractivity contribution is -0.137. The van der Waals surface area contributed by atoms with Gasteiger partial charge in [0.15, 0.2) is 0 Å². The average molecular weight is 764 g/mol. The maximum atomic E-state index is 14.7. The van der Waals surface area contributed by atoms with Crippen molar-refractivity contribution in [3.63, 3.8) is 0 Å². The fourth-order valence-electron chi connectivity index (χ4n) is 11.6. The number of nitrogens with zero attached hydrogens (tertiary/aromatic N) is 2. The van der Waals surface area contributed by atoms with Crippen LogP contribution in [0.25, 0.3) is 6.08 Å². The Labute approximate surface area is 323 Å². The number of amides is 2. The van der Waals surface area contributed by atoms with Gasteiger partial charge in [0.1, 0.15) is 22.7 Å². The molecule has 6 aliphatic heterocycles. The Morgan fingerprint density at radius 1 is 1.04 bits per heavy atom. The molecule has 1 saturated heterocycles. The van der Waals surface area contributed by atoms with Gasteiger partial charge in [-0.05, 0) is 104 Å². The maximum absolute atomic E-state index is 14.7. The molecule has 0 aromatic carbocycles. The number of imide groups is 1. The van der Waals surface area contributed by atoms with E-state index in [2.05, 4.69) is 43.5 Å². The molecule has 11 aliphatic rings. The zero-order valence-corrected chi connectivity index (χ0v) is 32.4. The normalized spacial score (nSPS) is 35.5. The van der Waals surface area contributed by atoms with E-state index >= 15 is 0 Å². The Morgan fingerprint density at radius 2 is 1.85 bits per heavy atom. The van der Waals surface area contributed by atoms with Crippen LogP contribution in [0.2, 0.25) is 0 Å². The molecule has 9 bridgehead atoms. The zero-order valence-electron chi connectivity index (χ0n) is 30.7. The summed E-state index contributed by atoms with van der Waals surface area (Å²) in [6.45, 7) is 4.56. The number of allylic oxidation sites excluding steroid dienone is 4. The van der Waals surface area contributed by atoms with Gasteiger partial charge in [0.25, 0.3) is 11.8 Å². The molecular weight excluding hydrogens is 719 g/mol. The third-order valence-corrected chi connectivity index (χ3v) is 16.9. The number of anilines is 1. The SMILES string of the molecule is CCC1(C=C2OC(=O)C3=C2CCC2C4CCC5(C6=CCC(C)CSSC7C=Cc8c(ccnc8N7)C(CN7C(=O)C=CC7=O)C4=C5C(=O)O6)C32)CCCC1. The highest BCUT2D eigenvalue weighted by atomic mass is 33.1. The van der Waals surface area contributed by atoms with Gasteiger partial charge in [0.2, 0.25) is 0 Å². The monoisotopic (exact) mass is 763 g/mol. The molecule has 1 aromatic heterocycles. The number of nitrogens with one attached hydrogen (secondary N) is 1. The van der Waals surface area contributed by atoms with Crippen LogP contribution >= 0.6 is 21.6 Å². The molecule has 0 radical (unpaired) electrons. The van der Waals surface area contributed by atoms with E-state index in [4.69, 9.17) is 14.5 Å². The van der Waals surface area contributed by atoms with Gasteiger partial charge in [-0.25, -0.2) is 14.6 Å². The zero-order chi connectivity index (χ0) is 36.9. The molecular formula is C43H45N3O6S2. The van der Waals surface area contributed by atoms with Crippen LogP contribution in [0.1, 0.15) is 95.1 Å². The van der Waals surface area contributed by atoms with E-state index in [1.54, 1.807) is 17.0 Å². The van der Waals surface area contributed by atoms with Crippen molar-refractivity contribution in [1.82, 2.24) is 9.88 Å². The highest BCUT2D eigenvalue weighted by Crippen LogP contribution is 2.72. The summed E-state index contributed by atoms with van der Waals surface area (Å²) in [5, 5.41) is 3.64. The summed E-state index contributed by atoms with van der Waals surface area (Å²) >= 11 is 0. The molecule has 1 aromatic rings. The Bertz CT molecular complexity index is 2070. The number of fused-ring (bicyclic) bond motifs is 6. The summed E-state index contributed by atoms with van der Waals surface area (Å²) in [5.41, 5.74) is 4.37. The van der Waals surface area contributed by atoms with E-state index in [-0.39, 0.29) is 58.8 Å². The second-order valence-corrected chi connectivity index (χ2v) is 19.3. The molecule has 7 heterocycles. The highest BCUT2D eigenvalue weighted by Gasteiger charge is 2.69. The predicted octanol–water partition coefficient (Wildman–Crippen LogP) is 8.16. The number of cyclic esters (lactones) is 1. The molecule has 2 saturated carbocycles. The van der Waals surface area contributed by atoms with Crippen LogP contribution in [0, 0.1) is 34.5 Å². The summed E-state index contributed by atoms with van der Waals surface area (Å²) in [4.78, 5) is 61.6. The van der Waals surface area contributed by atoms with Crippen molar-refractivity contribution >= 4 is 57.2 Å². The van der Waals surface area contributed by atoms with Crippen LogP contribution in [0.4, 0.5) is 5.82 Å². The van der Waals surface area contributed by atoms with Crippen molar-refractivity contribution < 1.29 is 28.7 Å². The Hall–Kier alpha value is -3.83. The van der Waals surface area contributed by atoms with Gasteiger partial charge in [0, 0.05) is 59.2 Å². The molecule has 7 unspecified atom stereocenters. The highest BCUT2D eigenvalue weighted by molar-refractivity contribution is 8.77. The van der Waals surface area contributed by atoms with E-state index in [1.807, 2.05) is 16.9 Å². The van der Waals surface area contributed by atoms with Gasteiger partial charge in [-0.15, -0.1) is 0 Å². The summed E-state index contributed by atoms with van der Waals surface area (Å²) < 4.78 is 12.8. The number of ether oxygens (including phenoxy) is 2. The number of carbonyl (C=O) groups excluding carboxylic acids is 4. The minimum Gasteiger partial charge on any atom is -0.427 e. The first-order chi connectivity index (χ1) is 26.2. The second kappa shape index (κ2) is 12.9. The third kappa shape index (κ3) is 5.09. The minimum absolute atomic E-state index is 0.0293. The average Bonchev–Trinajstić information content (AvgIpc) is 3.94. The molecule has 54 heavy (non-hydrogen) atoms. The number of hydrogen-bond donors (Lipinski definition) is 1. The Balaban J connectivity index is 1.21. The summed E-state index contributed by atoms with van der Waals surface area (Å²) in [6.07, 6.45) is 22.5. The third-order valence-electron chi connectivity index (χ3n) is 14.1. The van der Waals surface area contributed by atoms with Gasteiger partial charge in [0.05, 0.1) is 11.0 Å². The molecule has 1 N–H and O–H groups in total. The van der Waals surface area contributed by atoms with Crippen molar-refractivity contribution in [1.29, 1.82) is 0 Å². The molecule has 5 aliphatic carbocycles. The molecule has 3 fully saturated rings. The summed E-state index contributed by atoms with van der Waals surface area (Å²) in [6, 6.07) is 1.98. The van der Waals surface area contributed by atoms with E-state index in [0.717, 1.165) is 90.1 Å². The van der Waals surface area contributed by atoms with Gasteiger partial charge in [-0.1, -0.05) is 60.4 Å². The minimum atomic E-state index is -0.850. The fourth-order valence-corrected chi connectivity index (χ4v) is 14.2. The first-order valence-electron chi connectivity index (χ1n) is 19.8. The number of rotatable bonds is 4. The molecule has 12 rings (SSSR count). The molecule has 11 heteroatoms. The van der Waals surface area contributed by atoms with Gasteiger partial charge >= 0.3 is 11.9 Å². The molecule has 1 spiro atoms. The first kappa shape index (κ1) is 34.6. The number of carbonyl (C=O) groups is 4. The number of pyridine rings is 1. The fraction of sp³-hybridized carbons (Fsp3) is 0.512. The van der Waals surface area contributed by atoms with Crippen molar-refractivity contribution in [2.24, 2.45) is 34.5 Å². The molecule has 9 nitrogen and oxygen atoms in total. The van der Waals surface area contributed by atoms with Crippen molar-refractivity contribution in [2.75, 3.05) is 17.6 Å². The van der Waals surface area contributed by atoms with E-state index in [1.165, 1.54) is 29.9 Å². The maximum Gasteiger partial charge on any atom is 0.340 e. The number of aromatic nitrogens is 1. The van der Waals surface area contributed by atoms with Crippen molar-refractivity contribution in [3.8, 4) is 0 Å². The molecule has 7 atom stereocenters. The van der Waals surface area contributed by atoms with Gasteiger partial charge in [-0.3, -0.25) is 14.5 Å². The van der Waals surface area contributed by atoms with Crippen LogP contribution < -0.4 is 5.32 Å². The van der Waals surface area contributed by atoms with Gasteiger partial charge < -0.3 is 14.8 Å². The number of esters is 2. The first-order valence-corrected chi connectivity index (χ1v) is 22.2. The topological polar surface area (TPSA) is 115 Å². The lowest BCUT2D eigenvalue weighted by Gasteiger charge is -2.57. The van der Waals surface area contributed by atoms with E-state index < -0.39 is 11.3 Å². The largest absolute Gasteiger partial charge is 0.427 e. The molecule has 280 valence electrons. The predicted molar refractivity (Wildman–Crippen MR) is 208 cm³/mol. The standard InChI is InChI=1S/C43H45N3O6S2/c1-3-42(16-4-5-17-42)20-30-28-8-7-26-25-14-18-43(37(26)36(28)40(49)51-30)31-10-6-23(2)22-53-54-32-11-9-27-24(15-19-44-39(27)45-32)29(35(25)38(43)41(50)52-31)21-46-33(47)12-13-34(46)48/h9-13,15,19-20,23,25-26,29,32,37H,3-8,14,16-18,21-22H2,1-2H3,(H,44,45). The van der Waals surface area contributed by atoms with Crippen LogP contribution in [-0.2, 0) is 28.7 Å². The van der Waals surface area contributed by atoms with Crippen molar-refractivity contribution in [3.05, 3.63) is 87.6 Å². The van der Waals surface area contributed by atoms with E-state index in [9.17, 15) is 19.2 Å². The molecule has 2 amide bonds.